The van der Waals surface area contributed by atoms with Crippen molar-refractivity contribution in [1.29, 1.82) is 5.26 Å². The number of aromatic nitrogens is 2. The second-order valence-electron chi connectivity index (χ2n) is 4.37. The average Bonchev–Trinajstić information content (AvgIpc) is 2.87. The molecule has 1 fully saturated rings. The Morgan fingerprint density at radius 3 is 2.65 bits per heavy atom. The molecule has 0 radical (unpaired) electrons. The van der Waals surface area contributed by atoms with Crippen LogP contribution in [0.5, 0.6) is 0 Å². The summed E-state index contributed by atoms with van der Waals surface area (Å²) in [6.45, 7) is 1.63. The van der Waals surface area contributed by atoms with Gasteiger partial charge in [0, 0.05) is 0 Å². The van der Waals surface area contributed by atoms with Crippen LogP contribution in [0.15, 0.2) is 11.1 Å². The third-order valence-corrected chi connectivity index (χ3v) is 4.72. The van der Waals surface area contributed by atoms with Crippen molar-refractivity contribution in [3.8, 4) is 6.07 Å². The van der Waals surface area contributed by atoms with E-state index in [1.54, 1.807) is 6.92 Å². The topological polar surface area (TPSA) is 98.6 Å². The molecule has 1 aliphatic rings. The SMILES string of the molecule is Cc1[nH]ncc1S(=O)(=O)NC1(C#N)CCCC1. The minimum atomic E-state index is -3.67. The predicted octanol–water partition coefficient (Wildman–Crippen LogP) is 0.833. The first kappa shape index (κ1) is 12.1. The van der Waals surface area contributed by atoms with Crippen LogP contribution in [-0.2, 0) is 10.0 Å². The summed E-state index contributed by atoms with van der Waals surface area (Å²) < 4.78 is 26.7. The van der Waals surface area contributed by atoms with E-state index >= 15 is 0 Å². The summed E-state index contributed by atoms with van der Waals surface area (Å²) in [4.78, 5) is 0.110. The highest BCUT2D eigenvalue weighted by Crippen LogP contribution is 2.30. The van der Waals surface area contributed by atoms with Crippen LogP contribution >= 0.6 is 0 Å². The van der Waals surface area contributed by atoms with E-state index in [2.05, 4.69) is 21.0 Å². The maximum atomic E-state index is 12.1. The van der Waals surface area contributed by atoms with Crippen LogP contribution in [0.2, 0.25) is 0 Å². The van der Waals surface area contributed by atoms with Crippen molar-refractivity contribution in [1.82, 2.24) is 14.9 Å². The van der Waals surface area contributed by atoms with Crippen LogP contribution in [0.3, 0.4) is 0 Å². The smallest absolute Gasteiger partial charge is 0.245 e. The molecule has 17 heavy (non-hydrogen) atoms. The number of aryl methyl sites for hydroxylation is 1. The van der Waals surface area contributed by atoms with Crippen molar-refractivity contribution >= 4 is 10.0 Å². The highest BCUT2D eigenvalue weighted by molar-refractivity contribution is 7.89. The van der Waals surface area contributed by atoms with Crippen LogP contribution in [0.25, 0.3) is 0 Å². The van der Waals surface area contributed by atoms with Crippen LogP contribution < -0.4 is 4.72 Å². The van der Waals surface area contributed by atoms with Crippen molar-refractivity contribution < 1.29 is 8.42 Å². The van der Waals surface area contributed by atoms with E-state index in [0.29, 0.717) is 18.5 Å². The fraction of sp³-hybridized carbons (Fsp3) is 0.600. The molecule has 1 heterocycles. The van der Waals surface area contributed by atoms with Gasteiger partial charge in [-0.1, -0.05) is 12.8 Å². The van der Waals surface area contributed by atoms with Gasteiger partial charge in [0.2, 0.25) is 10.0 Å². The molecule has 1 aromatic rings. The standard InChI is InChI=1S/C10H14N4O2S/c1-8-9(6-12-13-8)17(15,16)14-10(7-11)4-2-3-5-10/h6,14H,2-5H2,1H3,(H,12,13). The predicted molar refractivity (Wildman–Crippen MR) is 60.5 cm³/mol. The molecule has 0 aliphatic heterocycles. The van der Waals surface area contributed by atoms with Gasteiger partial charge in [0.05, 0.1) is 18.0 Å². The Balaban J connectivity index is 2.30. The molecule has 1 aromatic heterocycles. The zero-order valence-corrected chi connectivity index (χ0v) is 10.3. The lowest BCUT2D eigenvalue weighted by Crippen LogP contribution is -2.45. The van der Waals surface area contributed by atoms with Crippen LogP contribution in [0.1, 0.15) is 31.4 Å². The lowest BCUT2D eigenvalue weighted by atomic mass is 10.0. The Labute approximate surface area is 100 Å². The van der Waals surface area contributed by atoms with E-state index in [1.165, 1.54) is 6.20 Å². The molecule has 0 saturated heterocycles. The minimum absolute atomic E-state index is 0.110. The van der Waals surface area contributed by atoms with Gasteiger partial charge in [0.15, 0.2) is 0 Å². The molecular weight excluding hydrogens is 240 g/mol. The summed E-state index contributed by atoms with van der Waals surface area (Å²) >= 11 is 0. The Bertz CT molecular complexity index is 549. The van der Waals surface area contributed by atoms with Gasteiger partial charge in [-0.2, -0.15) is 15.1 Å². The maximum Gasteiger partial charge on any atom is 0.245 e. The van der Waals surface area contributed by atoms with Gasteiger partial charge >= 0.3 is 0 Å². The van der Waals surface area contributed by atoms with Gasteiger partial charge in [-0.15, -0.1) is 0 Å². The van der Waals surface area contributed by atoms with Gasteiger partial charge in [-0.25, -0.2) is 8.42 Å². The van der Waals surface area contributed by atoms with Gasteiger partial charge in [-0.3, -0.25) is 5.10 Å². The molecular formula is C10H14N4O2S. The number of H-pyrrole nitrogens is 1. The molecule has 0 spiro atoms. The first-order chi connectivity index (χ1) is 7.99. The van der Waals surface area contributed by atoms with E-state index in [1.807, 2.05) is 0 Å². The van der Waals surface area contributed by atoms with Crippen molar-refractivity contribution in [2.24, 2.45) is 0 Å². The molecule has 0 unspecified atom stereocenters. The van der Waals surface area contributed by atoms with E-state index in [9.17, 15) is 8.42 Å². The van der Waals surface area contributed by atoms with Crippen molar-refractivity contribution in [3.63, 3.8) is 0 Å². The Hall–Kier alpha value is -1.39. The quantitative estimate of drug-likeness (QED) is 0.834. The molecule has 7 heteroatoms. The second-order valence-corrected chi connectivity index (χ2v) is 6.02. The summed E-state index contributed by atoms with van der Waals surface area (Å²) in [5.74, 6) is 0. The van der Waals surface area contributed by atoms with E-state index in [-0.39, 0.29) is 4.90 Å². The Morgan fingerprint density at radius 1 is 1.53 bits per heavy atom. The number of nitriles is 1. The monoisotopic (exact) mass is 254 g/mol. The third kappa shape index (κ3) is 2.18. The van der Waals surface area contributed by atoms with E-state index in [4.69, 9.17) is 5.26 Å². The summed E-state index contributed by atoms with van der Waals surface area (Å²) in [5.41, 5.74) is -0.466. The van der Waals surface area contributed by atoms with E-state index in [0.717, 1.165) is 12.8 Å². The maximum absolute atomic E-state index is 12.1. The average molecular weight is 254 g/mol. The molecule has 1 saturated carbocycles. The number of nitrogens with zero attached hydrogens (tertiary/aromatic N) is 2. The Kier molecular flexibility index (Phi) is 2.93. The summed E-state index contributed by atoms with van der Waals surface area (Å²) in [6.07, 6.45) is 4.15. The molecule has 1 aliphatic carbocycles. The molecule has 0 amide bonds. The number of hydrogen-bond donors (Lipinski definition) is 2. The van der Waals surface area contributed by atoms with Crippen molar-refractivity contribution in [2.75, 3.05) is 0 Å². The van der Waals surface area contributed by atoms with Crippen LogP contribution in [-0.4, -0.2) is 24.2 Å². The van der Waals surface area contributed by atoms with Gasteiger partial charge < -0.3 is 0 Å². The largest absolute Gasteiger partial charge is 0.281 e. The fourth-order valence-electron chi connectivity index (χ4n) is 2.14. The lowest BCUT2D eigenvalue weighted by Gasteiger charge is -2.21. The zero-order chi connectivity index (χ0) is 12.5. The number of sulfonamides is 1. The second kappa shape index (κ2) is 4.13. The third-order valence-electron chi connectivity index (χ3n) is 3.07. The Morgan fingerprint density at radius 2 is 2.18 bits per heavy atom. The van der Waals surface area contributed by atoms with E-state index < -0.39 is 15.6 Å². The highest BCUT2D eigenvalue weighted by atomic mass is 32.2. The first-order valence-electron chi connectivity index (χ1n) is 5.44. The van der Waals surface area contributed by atoms with Gasteiger partial charge in [0.25, 0.3) is 0 Å². The molecule has 0 aromatic carbocycles. The van der Waals surface area contributed by atoms with Gasteiger partial charge in [-0.05, 0) is 19.8 Å². The first-order valence-corrected chi connectivity index (χ1v) is 6.93. The normalized spacial score (nSPS) is 19.1. The number of rotatable bonds is 3. The lowest BCUT2D eigenvalue weighted by molar-refractivity contribution is 0.485. The zero-order valence-electron chi connectivity index (χ0n) is 9.52. The molecule has 2 N–H and O–H groups in total. The van der Waals surface area contributed by atoms with Crippen molar-refractivity contribution in [3.05, 3.63) is 11.9 Å². The summed E-state index contributed by atoms with van der Waals surface area (Å²) in [6, 6.07) is 2.09. The molecule has 6 nitrogen and oxygen atoms in total. The molecule has 2 rings (SSSR count). The minimum Gasteiger partial charge on any atom is -0.281 e. The highest BCUT2D eigenvalue weighted by Gasteiger charge is 2.38. The van der Waals surface area contributed by atoms with Crippen LogP contribution in [0, 0.1) is 18.3 Å². The summed E-state index contributed by atoms with van der Waals surface area (Å²) in [7, 11) is -3.67. The summed E-state index contributed by atoms with van der Waals surface area (Å²) in [5, 5.41) is 15.4. The van der Waals surface area contributed by atoms with Crippen LogP contribution in [0.4, 0.5) is 0 Å². The van der Waals surface area contributed by atoms with Gasteiger partial charge in [0.1, 0.15) is 10.4 Å². The number of hydrogen-bond acceptors (Lipinski definition) is 4. The fourth-order valence-corrected chi connectivity index (χ4v) is 3.65. The molecule has 92 valence electrons. The molecule has 0 bridgehead atoms. The number of aromatic amines is 1. The number of nitrogens with one attached hydrogen (secondary N) is 2. The molecule has 0 atom stereocenters. The van der Waals surface area contributed by atoms with Crippen molar-refractivity contribution in [2.45, 2.75) is 43.0 Å².